The zero-order valence-electron chi connectivity index (χ0n) is 11.6. The highest BCUT2D eigenvalue weighted by molar-refractivity contribution is 7.99. The van der Waals surface area contributed by atoms with Gasteiger partial charge in [-0.05, 0) is 36.1 Å². The van der Waals surface area contributed by atoms with Crippen molar-refractivity contribution in [3.63, 3.8) is 0 Å². The molecule has 5 nitrogen and oxygen atoms in total. The van der Waals surface area contributed by atoms with Gasteiger partial charge >= 0.3 is 0 Å². The van der Waals surface area contributed by atoms with E-state index in [1.165, 1.54) is 11.1 Å². The van der Waals surface area contributed by atoms with Crippen LogP contribution in [-0.2, 0) is 13.5 Å². The highest BCUT2D eigenvalue weighted by Crippen LogP contribution is 2.39. The molecule has 0 amide bonds. The molecule has 0 fully saturated rings. The zero-order valence-corrected chi connectivity index (χ0v) is 12.4. The van der Waals surface area contributed by atoms with Crippen molar-refractivity contribution in [1.82, 2.24) is 14.8 Å². The predicted octanol–water partition coefficient (Wildman–Crippen LogP) is 1.93. The monoisotopic (exact) mass is 290 g/mol. The first-order chi connectivity index (χ1) is 9.69. The summed E-state index contributed by atoms with van der Waals surface area (Å²) in [5.74, 6) is 0.898. The Morgan fingerprint density at radius 1 is 1.45 bits per heavy atom. The molecule has 106 valence electrons. The molecule has 2 aromatic rings. The van der Waals surface area contributed by atoms with Gasteiger partial charge in [-0.3, -0.25) is 0 Å². The Kier molecular flexibility index (Phi) is 3.67. The van der Waals surface area contributed by atoms with Crippen molar-refractivity contribution in [3.8, 4) is 5.75 Å². The molecule has 0 saturated heterocycles. The van der Waals surface area contributed by atoms with E-state index in [1.54, 1.807) is 25.2 Å². The smallest absolute Gasteiger partial charge is 0.191 e. The van der Waals surface area contributed by atoms with Crippen molar-refractivity contribution in [1.29, 1.82) is 0 Å². The maximum atomic E-state index is 6.43. The van der Waals surface area contributed by atoms with Crippen LogP contribution in [0, 0.1) is 0 Å². The quantitative estimate of drug-likeness (QED) is 0.935. The van der Waals surface area contributed by atoms with Crippen LogP contribution in [0.25, 0.3) is 0 Å². The molecule has 1 aliphatic carbocycles. The Morgan fingerprint density at radius 2 is 2.30 bits per heavy atom. The van der Waals surface area contributed by atoms with Gasteiger partial charge in [0.1, 0.15) is 12.1 Å². The molecule has 0 spiro atoms. The van der Waals surface area contributed by atoms with Crippen molar-refractivity contribution in [2.24, 2.45) is 12.8 Å². The molecule has 1 aromatic carbocycles. The minimum Gasteiger partial charge on any atom is -0.497 e. The lowest BCUT2D eigenvalue weighted by molar-refractivity contribution is 0.413. The van der Waals surface area contributed by atoms with Crippen LogP contribution < -0.4 is 10.5 Å². The predicted molar refractivity (Wildman–Crippen MR) is 78.9 cm³/mol. The second-order valence-electron chi connectivity index (χ2n) is 5.01. The summed E-state index contributed by atoms with van der Waals surface area (Å²) in [6.07, 6.45) is 3.78. The van der Waals surface area contributed by atoms with Gasteiger partial charge in [0.25, 0.3) is 0 Å². The van der Waals surface area contributed by atoms with Crippen LogP contribution in [0.15, 0.2) is 29.7 Å². The van der Waals surface area contributed by atoms with E-state index in [0.29, 0.717) is 5.25 Å². The topological polar surface area (TPSA) is 66.0 Å². The first-order valence-corrected chi connectivity index (χ1v) is 7.50. The van der Waals surface area contributed by atoms with Gasteiger partial charge in [0.15, 0.2) is 5.16 Å². The number of rotatable bonds is 3. The summed E-state index contributed by atoms with van der Waals surface area (Å²) in [4.78, 5) is 0. The maximum Gasteiger partial charge on any atom is 0.191 e. The molecule has 2 atom stereocenters. The number of hydrogen-bond donors (Lipinski definition) is 1. The van der Waals surface area contributed by atoms with Crippen molar-refractivity contribution in [3.05, 3.63) is 35.7 Å². The molecule has 0 aliphatic heterocycles. The van der Waals surface area contributed by atoms with E-state index in [-0.39, 0.29) is 6.04 Å². The third-order valence-corrected chi connectivity index (χ3v) is 5.15. The lowest BCUT2D eigenvalue weighted by Crippen LogP contribution is -2.29. The standard InChI is InChI=1S/C14H18N4OS/c1-18-8-16-17-14(18)20-12-6-3-9-7-10(19-2)4-5-11(9)13(12)15/h4-5,7-8,12-13H,3,6,15H2,1-2H3. The molecule has 0 bridgehead atoms. The molecular formula is C14H18N4OS. The molecule has 0 radical (unpaired) electrons. The fourth-order valence-electron chi connectivity index (χ4n) is 2.58. The van der Waals surface area contributed by atoms with Gasteiger partial charge in [0.2, 0.25) is 0 Å². The summed E-state index contributed by atoms with van der Waals surface area (Å²) in [6.45, 7) is 0. The Bertz CT molecular complexity index is 613. The van der Waals surface area contributed by atoms with Crippen molar-refractivity contribution >= 4 is 11.8 Å². The summed E-state index contributed by atoms with van der Waals surface area (Å²) in [5.41, 5.74) is 8.95. The van der Waals surface area contributed by atoms with Gasteiger partial charge in [-0.15, -0.1) is 10.2 Å². The third-order valence-electron chi connectivity index (χ3n) is 3.73. The van der Waals surface area contributed by atoms with Crippen LogP contribution in [0.2, 0.25) is 0 Å². The first-order valence-electron chi connectivity index (χ1n) is 6.62. The number of hydrogen-bond acceptors (Lipinski definition) is 5. The van der Waals surface area contributed by atoms with E-state index in [9.17, 15) is 0 Å². The minimum absolute atomic E-state index is 0.0198. The summed E-state index contributed by atoms with van der Waals surface area (Å²) >= 11 is 1.71. The minimum atomic E-state index is 0.0198. The molecule has 6 heteroatoms. The van der Waals surface area contributed by atoms with Crippen molar-refractivity contribution in [2.75, 3.05) is 7.11 Å². The lowest BCUT2D eigenvalue weighted by atomic mass is 9.87. The van der Waals surface area contributed by atoms with E-state index in [1.807, 2.05) is 17.7 Å². The summed E-state index contributed by atoms with van der Waals surface area (Å²) < 4.78 is 7.21. The number of methoxy groups -OCH3 is 1. The number of aryl methyl sites for hydroxylation is 2. The molecular weight excluding hydrogens is 272 g/mol. The van der Waals surface area contributed by atoms with Crippen LogP contribution in [0.1, 0.15) is 23.6 Å². The highest BCUT2D eigenvalue weighted by Gasteiger charge is 2.28. The largest absolute Gasteiger partial charge is 0.497 e. The van der Waals surface area contributed by atoms with E-state index in [4.69, 9.17) is 10.5 Å². The summed E-state index contributed by atoms with van der Waals surface area (Å²) in [6, 6.07) is 6.18. The van der Waals surface area contributed by atoms with Gasteiger partial charge in [-0.2, -0.15) is 0 Å². The van der Waals surface area contributed by atoms with Gasteiger partial charge in [-0.1, -0.05) is 17.8 Å². The Hall–Kier alpha value is -1.53. The van der Waals surface area contributed by atoms with Gasteiger partial charge < -0.3 is 15.0 Å². The zero-order chi connectivity index (χ0) is 14.1. The Morgan fingerprint density at radius 3 is 3.00 bits per heavy atom. The van der Waals surface area contributed by atoms with Crippen LogP contribution in [-0.4, -0.2) is 27.1 Å². The molecule has 0 saturated carbocycles. The molecule has 1 heterocycles. The normalized spacial score (nSPS) is 21.6. The number of thioether (sulfide) groups is 1. The van der Waals surface area contributed by atoms with Gasteiger partial charge in [0, 0.05) is 18.3 Å². The van der Waals surface area contributed by atoms with Crippen molar-refractivity contribution in [2.45, 2.75) is 29.3 Å². The maximum absolute atomic E-state index is 6.43. The number of nitrogens with zero attached hydrogens (tertiary/aromatic N) is 3. The first kappa shape index (κ1) is 13.5. The molecule has 20 heavy (non-hydrogen) atoms. The average molecular weight is 290 g/mol. The van der Waals surface area contributed by atoms with E-state index in [2.05, 4.69) is 22.3 Å². The van der Waals surface area contributed by atoms with Crippen LogP contribution in [0.3, 0.4) is 0 Å². The number of nitrogens with two attached hydrogens (primary N) is 1. The van der Waals surface area contributed by atoms with Crippen LogP contribution in [0.5, 0.6) is 5.75 Å². The van der Waals surface area contributed by atoms with E-state index in [0.717, 1.165) is 23.7 Å². The summed E-state index contributed by atoms with van der Waals surface area (Å²) in [5, 5.41) is 9.29. The molecule has 3 rings (SSSR count). The Balaban J connectivity index is 1.82. The van der Waals surface area contributed by atoms with Crippen molar-refractivity contribution < 1.29 is 4.74 Å². The second-order valence-corrected chi connectivity index (χ2v) is 6.22. The molecule has 2 N–H and O–H groups in total. The third kappa shape index (κ3) is 2.41. The highest BCUT2D eigenvalue weighted by atomic mass is 32.2. The number of fused-ring (bicyclic) bond motifs is 1. The van der Waals surface area contributed by atoms with Crippen LogP contribution in [0.4, 0.5) is 0 Å². The fraction of sp³-hybridized carbons (Fsp3) is 0.429. The number of aromatic nitrogens is 3. The van der Waals surface area contributed by atoms with Gasteiger partial charge in [0.05, 0.1) is 7.11 Å². The molecule has 1 aromatic heterocycles. The number of ether oxygens (including phenoxy) is 1. The van der Waals surface area contributed by atoms with E-state index >= 15 is 0 Å². The molecule has 1 aliphatic rings. The van der Waals surface area contributed by atoms with E-state index < -0.39 is 0 Å². The van der Waals surface area contributed by atoms with Crippen LogP contribution >= 0.6 is 11.8 Å². The SMILES string of the molecule is COc1ccc2c(c1)CCC(Sc1nncn1C)C2N. The lowest BCUT2D eigenvalue weighted by Gasteiger charge is -2.30. The van der Waals surface area contributed by atoms with Gasteiger partial charge in [-0.25, -0.2) is 0 Å². The second kappa shape index (κ2) is 5.46. The fourth-order valence-corrected chi connectivity index (χ4v) is 3.68. The molecule has 2 unspecified atom stereocenters. The number of benzene rings is 1. The average Bonchev–Trinajstić information content (AvgIpc) is 2.87. The Labute approximate surface area is 122 Å². The summed E-state index contributed by atoms with van der Waals surface area (Å²) in [7, 11) is 3.65.